The number of pyridine rings is 2. The third-order valence-electron chi connectivity index (χ3n) is 8.45. The summed E-state index contributed by atoms with van der Waals surface area (Å²) in [5.74, 6) is 1.13. The molecule has 1 saturated carbocycles. The van der Waals surface area contributed by atoms with E-state index in [-0.39, 0.29) is 12.1 Å². The highest BCUT2D eigenvalue weighted by molar-refractivity contribution is 5.84. The molecule has 7 rings (SSSR count). The standard InChI is InChI=1S/C35H37N7O2/c1-34(2,3)44-33(43)38-25-18-35(19-25)21-41(22-35)20-23-11-13-26(14-12-23)42-31(27-10-7-17-37-30(27)36)40-29-16-15-28(39-32(29)42)24-8-5-4-6-9-24/h4-17,25H,18-22H2,1-3H3,(H2,36,37)(H,38,43). The van der Waals surface area contributed by atoms with Crippen molar-refractivity contribution in [3.8, 4) is 28.3 Å². The molecule has 0 bridgehead atoms. The molecule has 0 unspecified atom stereocenters. The van der Waals surface area contributed by atoms with Gasteiger partial charge >= 0.3 is 6.09 Å². The topological polar surface area (TPSA) is 111 Å². The van der Waals surface area contributed by atoms with Crippen molar-refractivity contribution < 1.29 is 9.53 Å². The van der Waals surface area contributed by atoms with E-state index >= 15 is 0 Å². The maximum absolute atomic E-state index is 12.1. The largest absolute Gasteiger partial charge is 0.444 e. The number of anilines is 1. The van der Waals surface area contributed by atoms with Crippen LogP contribution < -0.4 is 11.1 Å². The van der Waals surface area contributed by atoms with Crippen molar-refractivity contribution in [1.29, 1.82) is 0 Å². The SMILES string of the molecule is CC(C)(C)OC(=O)NC1CC2(C1)CN(Cc1ccc(-n3c(-c4cccnc4N)nc4ccc(-c5ccccc5)nc43)cc1)C2. The zero-order chi connectivity index (χ0) is 30.5. The second-order valence-corrected chi connectivity index (χ2v) is 13.2. The van der Waals surface area contributed by atoms with Gasteiger partial charge < -0.3 is 15.8 Å². The fourth-order valence-corrected chi connectivity index (χ4v) is 6.60. The van der Waals surface area contributed by atoms with Crippen LogP contribution in [-0.2, 0) is 11.3 Å². The molecule has 9 heteroatoms. The van der Waals surface area contributed by atoms with Gasteiger partial charge in [-0.2, -0.15) is 0 Å². The van der Waals surface area contributed by atoms with E-state index < -0.39 is 5.60 Å². The lowest BCUT2D eigenvalue weighted by molar-refractivity contribution is -0.0830. The van der Waals surface area contributed by atoms with Gasteiger partial charge in [-0.05, 0) is 81.0 Å². The summed E-state index contributed by atoms with van der Waals surface area (Å²) >= 11 is 0. The van der Waals surface area contributed by atoms with Gasteiger partial charge in [0, 0.05) is 43.1 Å². The molecule has 5 aromatic rings. The number of fused-ring (bicyclic) bond motifs is 1. The summed E-state index contributed by atoms with van der Waals surface area (Å²) < 4.78 is 7.48. The number of nitrogens with one attached hydrogen (secondary N) is 1. The van der Waals surface area contributed by atoms with Gasteiger partial charge in [-0.3, -0.25) is 9.47 Å². The van der Waals surface area contributed by atoms with Crippen LogP contribution in [-0.4, -0.2) is 55.2 Å². The first-order valence-electron chi connectivity index (χ1n) is 15.1. The fraction of sp³-hybridized carbons (Fsp3) is 0.314. The molecule has 1 aliphatic carbocycles. The summed E-state index contributed by atoms with van der Waals surface area (Å²) in [6.07, 6.45) is 3.38. The monoisotopic (exact) mass is 587 g/mol. The first-order chi connectivity index (χ1) is 21.1. The zero-order valence-electron chi connectivity index (χ0n) is 25.3. The van der Waals surface area contributed by atoms with Gasteiger partial charge in [-0.1, -0.05) is 42.5 Å². The minimum absolute atomic E-state index is 0.204. The first kappa shape index (κ1) is 28.0. The average molecular weight is 588 g/mol. The van der Waals surface area contributed by atoms with Crippen molar-refractivity contribution in [1.82, 2.24) is 29.7 Å². The maximum Gasteiger partial charge on any atom is 0.407 e. The van der Waals surface area contributed by atoms with Crippen LogP contribution in [0, 0.1) is 5.41 Å². The van der Waals surface area contributed by atoms with Crippen LogP contribution in [0.15, 0.2) is 85.1 Å². The Morgan fingerprint density at radius 3 is 2.43 bits per heavy atom. The van der Waals surface area contributed by atoms with E-state index in [1.165, 1.54) is 5.56 Å². The second-order valence-electron chi connectivity index (χ2n) is 13.2. The van der Waals surface area contributed by atoms with Crippen LogP contribution >= 0.6 is 0 Å². The van der Waals surface area contributed by atoms with Crippen molar-refractivity contribution in [2.75, 3.05) is 18.8 Å². The van der Waals surface area contributed by atoms with Crippen LogP contribution in [0.4, 0.5) is 10.6 Å². The molecule has 0 atom stereocenters. The number of likely N-dealkylation sites (tertiary alicyclic amines) is 1. The second kappa shape index (κ2) is 10.7. The number of nitrogen functional groups attached to an aromatic ring is 1. The van der Waals surface area contributed by atoms with Crippen LogP contribution in [0.25, 0.3) is 39.5 Å². The number of hydrogen-bond donors (Lipinski definition) is 2. The molecule has 2 aromatic carbocycles. The normalized spacial score (nSPS) is 16.4. The van der Waals surface area contributed by atoms with Crippen molar-refractivity contribution >= 4 is 23.1 Å². The molecular weight excluding hydrogens is 550 g/mol. The van der Waals surface area contributed by atoms with Gasteiger partial charge in [-0.15, -0.1) is 0 Å². The van der Waals surface area contributed by atoms with E-state index in [4.69, 9.17) is 20.4 Å². The van der Waals surface area contributed by atoms with Gasteiger partial charge in [0.25, 0.3) is 0 Å². The van der Waals surface area contributed by atoms with E-state index in [2.05, 4.69) is 56.2 Å². The molecular formula is C35H37N7O2. The fourth-order valence-electron chi connectivity index (χ4n) is 6.60. The number of nitrogens with zero attached hydrogens (tertiary/aromatic N) is 5. The molecule has 1 aliphatic heterocycles. The summed E-state index contributed by atoms with van der Waals surface area (Å²) in [5.41, 5.74) is 12.6. The van der Waals surface area contributed by atoms with E-state index in [0.29, 0.717) is 17.1 Å². The average Bonchev–Trinajstić information content (AvgIpc) is 3.33. The highest BCUT2D eigenvalue weighted by Crippen LogP contribution is 2.48. The highest BCUT2D eigenvalue weighted by atomic mass is 16.6. The van der Waals surface area contributed by atoms with Crippen molar-refractivity contribution in [3.63, 3.8) is 0 Å². The molecule has 1 spiro atoms. The smallest absolute Gasteiger partial charge is 0.407 e. The van der Waals surface area contributed by atoms with Crippen LogP contribution in [0.2, 0.25) is 0 Å². The number of imidazole rings is 1. The number of rotatable bonds is 6. The number of amides is 1. The minimum atomic E-state index is -0.478. The van der Waals surface area contributed by atoms with Crippen molar-refractivity contribution in [3.05, 3.63) is 90.6 Å². The highest BCUT2D eigenvalue weighted by Gasteiger charge is 2.52. The van der Waals surface area contributed by atoms with E-state index in [9.17, 15) is 4.79 Å². The number of ether oxygens (including phenoxy) is 1. The minimum Gasteiger partial charge on any atom is -0.444 e. The van der Waals surface area contributed by atoms with Crippen molar-refractivity contribution in [2.24, 2.45) is 5.41 Å². The number of aromatic nitrogens is 4. The Kier molecular flexibility index (Phi) is 6.85. The zero-order valence-corrected chi connectivity index (χ0v) is 25.3. The van der Waals surface area contributed by atoms with Crippen molar-refractivity contribution in [2.45, 2.75) is 51.8 Å². The predicted molar refractivity (Wildman–Crippen MR) is 172 cm³/mol. The third kappa shape index (κ3) is 5.51. The quantitative estimate of drug-likeness (QED) is 0.243. The molecule has 4 heterocycles. The van der Waals surface area contributed by atoms with Gasteiger partial charge in [-0.25, -0.2) is 19.7 Å². The van der Waals surface area contributed by atoms with Crippen LogP contribution in [0.1, 0.15) is 39.2 Å². The molecule has 0 radical (unpaired) electrons. The van der Waals surface area contributed by atoms with E-state index in [1.54, 1.807) is 6.20 Å². The lowest BCUT2D eigenvalue weighted by Crippen LogP contribution is -2.66. The number of carbonyl (C=O) groups is 1. The molecule has 1 saturated heterocycles. The molecule has 2 aliphatic rings. The first-order valence-corrected chi connectivity index (χ1v) is 15.1. The maximum atomic E-state index is 12.1. The molecule has 44 heavy (non-hydrogen) atoms. The van der Waals surface area contributed by atoms with Crippen LogP contribution in [0.5, 0.6) is 0 Å². The molecule has 3 N–H and O–H groups in total. The van der Waals surface area contributed by atoms with Gasteiger partial charge in [0.1, 0.15) is 16.9 Å². The molecule has 3 aromatic heterocycles. The summed E-state index contributed by atoms with van der Waals surface area (Å²) in [5, 5.41) is 3.02. The Bertz CT molecular complexity index is 1810. The van der Waals surface area contributed by atoms with E-state index in [1.807, 2.05) is 63.2 Å². The van der Waals surface area contributed by atoms with Gasteiger partial charge in [0.15, 0.2) is 11.5 Å². The van der Waals surface area contributed by atoms with E-state index in [0.717, 1.165) is 66.1 Å². The summed E-state index contributed by atoms with van der Waals surface area (Å²) in [4.78, 5) is 28.9. The Morgan fingerprint density at radius 2 is 1.73 bits per heavy atom. The Morgan fingerprint density at radius 1 is 0.977 bits per heavy atom. The Balaban J connectivity index is 1.09. The van der Waals surface area contributed by atoms with Gasteiger partial charge in [0.2, 0.25) is 0 Å². The summed E-state index contributed by atoms with van der Waals surface area (Å²) in [6.45, 7) is 8.63. The lowest BCUT2D eigenvalue weighted by atomic mass is 9.60. The molecule has 9 nitrogen and oxygen atoms in total. The predicted octanol–water partition coefficient (Wildman–Crippen LogP) is 6.22. The number of carbonyl (C=O) groups excluding carboxylic acids is 1. The summed E-state index contributed by atoms with van der Waals surface area (Å²) in [6, 6.07) is 26.8. The third-order valence-corrected chi connectivity index (χ3v) is 8.45. The molecule has 2 fully saturated rings. The van der Waals surface area contributed by atoms with Gasteiger partial charge in [0.05, 0.1) is 11.3 Å². The molecule has 224 valence electrons. The van der Waals surface area contributed by atoms with Crippen LogP contribution in [0.3, 0.4) is 0 Å². The Hall–Kier alpha value is -4.76. The number of nitrogens with two attached hydrogens (primary N) is 1. The number of hydrogen-bond acceptors (Lipinski definition) is 7. The summed E-state index contributed by atoms with van der Waals surface area (Å²) in [7, 11) is 0. The number of alkyl carbamates (subject to hydrolysis) is 1. The lowest BCUT2D eigenvalue weighted by Gasteiger charge is -2.59. The molecule has 1 amide bonds. The number of benzene rings is 2. The Labute approximate surface area is 257 Å².